The van der Waals surface area contributed by atoms with E-state index in [4.69, 9.17) is 9.72 Å². The number of nitrogens with zero attached hydrogens (tertiary/aromatic N) is 2. The minimum Gasteiger partial charge on any atom is -0.378 e. The molecule has 0 N–H and O–H groups in total. The van der Waals surface area contributed by atoms with Crippen LogP contribution in [0.4, 0.5) is 0 Å². The Labute approximate surface area is 147 Å². The van der Waals surface area contributed by atoms with Crippen molar-refractivity contribution in [2.24, 2.45) is 0 Å². The van der Waals surface area contributed by atoms with E-state index in [1.165, 1.54) is 22.1 Å². The zero-order chi connectivity index (χ0) is 17.1. The number of hydrogen-bond donors (Lipinski definition) is 0. The number of thioether (sulfide) groups is 1. The molecule has 0 atom stereocenters. The average Bonchev–Trinajstić information content (AvgIpc) is 2.63. The summed E-state index contributed by atoms with van der Waals surface area (Å²) in [6.45, 7) is 9.03. The van der Waals surface area contributed by atoms with E-state index < -0.39 is 0 Å². The van der Waals surface area contributed by atoms with Gasteiger partial charge in [0.05, 0.1) is 24.5 Å². The molecule has 1 aromatic heterocycles. The third kappa shape index (κ3) is 3.57. The Bertz CT molecular complexity index is 755. The largest absolute Gasteiger partial charge is 0.378 e. The van der Waals surface area contributed by atoms with E-state index in [-0.39, 0.29) is 5.91 Å². The maximum atomic E-state index is 12.4. The Morgan fingerprint density at radius 3 is 2.67 bits per heavy atom. The summed E-state index contributed by atoms with van der Waals surface area (Å²) >= 11 is 1.56. The molecule has 1 saturated heterocycles. The highest BCUT2D eigenvalue weighted by Crippen LogP contribution is 2.29. The first-order valence-corrected chi connectivity index (χ1v) is 9.47. The summed E-state index contributed by atoms with van der Waals surface area (Å²) < 4.78 is 5.31. The Morgan fingerprint density at radius 2 is 1.96 bits per heavy atom. The average molecular weight is 344 g/mol. The number of morpholine rings is 1. The number of hydrogen-bond acceptors (Lipinski definition) is 4. The van der Waals surface area contributed by atoms with Gasteiger partial charge in [-0.25, -0.2) is 4.98 Å². The first-order chi connectivity index (χ1) is 11.6. The summed E-state index contributed by atoms with van der Waals surface area (Å²) in [5.41, 5.74) is 4.70. The standard InChI is InChI=1S/C19H24N2O2S/c1-4-15-11-16-13(2)5-6-14(3)18(16)20-19(15)24-12-17(22)21-7-9-23-10-8-21/h5-6,11H,4,7-10,12H2,1-3H3. The highest BCUT2D eigenvalue weighted by molar-refractivity contribution is 7.99. The van der Waals surface area contributed by atoms with Crippen molar-refractivity contribution in [1.29, 1.82) is 0 Å². The lowest BCUT2D eigenvalue weighted by molar-refractivity contribution is -0.132. The SMILES string of the molecule is CCc1cc2c(C)ccc(C)c2nc1SCC(=O)N1CCOCC1. The van der Waals surface area contributed by atoms with Crippen LogP contribution < -0.4 is 0 Å². The van der Waals surface area contributed by atoms with E-state index in [0.29, 0.717) is 32.1 Å². The van der Waals surface area contributed by atoms with Crippen LogP contribution in [0.5, 0.6) is 0 Å². The normalized spacial score (nSPS) is 15.0. The monoisotopic (exact) mass is 344 g/mol. The lowest BCUT2D eigenvalue weighted by Gasteiger charge is -2.26. The van der Waals surface area contributed by atoms with E-state index in [1.54, 1.807) is 11.8 Å². The highest BCUT2D eigenvalue weighted by Gasteiger charge is 2.18. The molecule has 4 nitrogen and oxygen atoms in total. The highest BCUT2D eigenvalue weighted by atomic mass is 32.2. The van der Waals surface area contributed by atoms with Gasteiger partial charge in [0.2, 0.25) is 5.91 Å². The predicted octanol–water partition coefficient (Wildman–Crippen LogP) is 3.36. The second-order valence-electron chi connectivity index (χ2n) is 6.18. The van der Waals surface area contributed by atoms with Crippen LogP contribution in [0, 0.1) is 13.8 Å². The quantitative estimate of drug-likeness (QED) is 0.798. The van der Waals surface area contributed by atoms with Gasteiger partial charge in [0.25, 0.3) is 0 Å². The number of ether oxygens (including phenoxy) is 1. The van der Waals surface area contributed by atoms with E-state index in [0.717, 1.165) is 17.0 Å². The van der Waals surface area contributed by atoms with Crippen LogP contribution in [0.15, 0.2) is 23.2 Å². The lowest BCUT2D eigenvalue weighted by atomic mass is 10.0. The van der Waals surface area contributed by atoms with Gasteiger partial charge in [-0.3, -0.25) is 4.79 Å². The summed E-state index contributed by atoms with van der Waals surface area (Å²) in [6.07, 6.45) is 0.921. The smallest absolute Gasteiger partial charge is 0.233 e. The fourth-order valence-corrected chi connectivity index (χ4v) is 3.96. The van der Waals surface area contributed by atoms with E-state index in [9.17, 15) is 4.79 Å². The summed E-state index contributed by atoms with van der Waals surface area (Å²) in [5, 5.41) is 2.20. The molecule has 0 radical (unpaired) electrons. The Kier molecular flexibility index (Phi) is 5.41. The maximum Gasteiger partial charge on any atom is 0.233 e. The third-order valence-electron chi connectivity index (χ3n) is 4.52. The van der Waals surface area contributed by atoms with Crippen molar-refractivity contribution in [1.82, 2.24) is 9.88 Å². The van der Waals surface area contributed by atoms with Gasteiger partial charge in [-0.2, -0.15) is 0 Å². The van der Waals surface area contributed by atoms with Crippen LogP contribution in [-0.4, -0.2) is 47.8 Å². The molecule has 0 unspecified atom stereocenters. The number of carbonyl (C=O) groups excluding carboxylic acids is 1. The van der Waals surface area contributed by atoms with E-state index in [2.05, 4.69) is 39.0 Å². The van der Waals surface area contributed by atoms with Crippen molar-refractivity contribution < 1.29 is 9.53 Å². The summed E-state index contributed by atoms with van der Waals surface area (Å²) in [5.74, 6) is 0.615. The molecule has 2 heterocycles. The molecule has 0 aliphatic carbocycles. The van der Waals surface area contributed by atoms with Crippen molar-refractivity contribution in [3.63, 3.8) is 0 Å². The summed E-state index contributed by atoms with van der Waals surface area (Å²) in [6, 6.07) is 6.50. The van der Waals surface area contributed by atoms with Crippen LogP contribution in [0.25, 0.3) is 10.9 Å². The fraction of sp³-hybridized carbons (Fsp3) is 0.474. The molecule has 24 heavy (non-hydrogen) atoms. The van der Waals surface area contributed by atoms with Crippen LogP contribution in [0.3, 0.4) is 0 Å². The van der Waals surface area contributed by atoms with Crippen LogP contribution in [0.2, 0.25) is 0 Å². The Balaban J connectivity index is 1.83. The van der Waals surface area contributed by atoms with Crippen molar-refractivity contribution in [2.75, 3.05) is 32.1 Å². The molecule has 0 bridgehead atoms. The van der Waals surface area contributed by atoms with Gasteiger partial charge in [-0.1, -0.05) is 30.8 Å². The number of fused-ring (bicyclic) bond motifs is 1. The van der Waals surface area contributed by atoms with Crippen LogP contribution in [0.1, 0.15) is 23.6 Å². The summed E-state index contributed by atoms with van der Waals surface area (Å²) in [4.78, 5) is 19.2. The number of amides is 1. The van der Waals surface area contributed by atoms with Gasteiger partial charge in [0, 0.05) is 18.5 Å². The van der Waals surface area contributed by atoms with Gasteiger partial charge in [0.1, 0.15) is 5.03 Å². The second kappa shape index (κ2) is 7.53. The fourth-order valence-electron chi connectivity index (χ4n) is 2.97. The number of pyridine rings is 1. The molecular weight excluding hydrogens is 320 g/mol. The minimum atomic E-state index is 0.174. The molecule has 0 spiro atoms. The van der Waals surface area contributed by atoms with Gasteiger partial charge in [0.15, 0.2) is 0 Å². The zero-order valence-corrected chi connectivity index (χ0v) is 15.4. The molecule has 128 valence electrons. The first kappa shape index (κ1) is 17.2. The van der Waals surface area contributed by atoms with Crippen molar-refractivity contribution in [3.05, 3.63) is 34.9 Å². The zero-order valence-electron chi connectivity index (χ0n) is 14.6. The molecule has 5 heteroatoms. The van der Waals surface area contributed by atoms with Crippen LogP contribution >= 0.6 is 11.8 Å². The molecular formula is C19H24N2O2S. The molecule has 1 aromatic carbocycles. The molecule has 1 fully saturated rings. The van der Waals surface area contributed by atoms with Gasteiger partial charge in [-0.05, 0) is 43.0 Å². The molecule has 0 saturated carbocycles. The number of rotatable bonds is 4. The molecule has 1 aliphatic heterocycles. The van der Waals surface area contributed by atoms with E-state index >= 15 is 0 Å². The maximum absolute atomic E-state index is 12.4. The number of carbonyl (C=O) groups is 1. The van der Waals surface area contributed by atoms with E-state index in [1.807, 2.05) is 4.90 Å². The Morgan fingerprint density at radius 1 is 1.25 bits per heavy atom. The van der Waals surface area contributed by atoms with Gasteiger partial charge < -0.3 is 9.64 Å². The third-order valence-corrected chi connectivity index (χ3v) is 5.54. The van der Waals surface area contributed by atoms with Crippen molar-refractivity contribution >= 4 is 28.6 Å². The lowest BCUT2D eigenvalue weighted by Crippen LogP contribution is -2.41. The summed E-state index contributed by atoms with van der Waals surface area (Å²) in [7, 11) is 0. The minimum absolute atomic E-state index is 0.174. The van der Waals surface area contributed by atoms with Crippen molar-refractivity contribution in [3.8, 4) is 0 Å². The topological polar surface area (TPSA) is 42.4 Å². The number of benzene rings is 1. The molecule has 1 aliphatic rings. The van der Waals surface area contributed by atoms with Gasteiger partial charge in [-0.15, -0.1) is 0 Å². The second-order valence-corrected chi connectivity index (χ2v) is 7.15. The predicted molar refractivity (Wildman–Crippen MR) is 98.7 cm³/mol. The van der Waals surface area contributed by atoms with Crippen LogP contribution in [-0.2, 0) is 16.0 Å². The number of aryl methyl sites for hydroxylation is 3. The number of aromatic nitrogens is 1. The van der Waals surface area contributed by atoms with Gasteiger partial charge >= 0.3 is 0 Å². The molecule has 2 aromatic rings. The van der Waals surface area contributed by atoms with Crippen molar-refractivity contribution in [2.45, 2.75) is 32.2 Å². The first-order valence-electron chi connectivity index (χ1n) is 8.48. The Hall–Kier alpha value is -1.59. The molecule has 3 rings (SSSR count). The molecule has 1 amide bonds.